The van der Waals surface area contributed by atoms with Crippen LogP contribution in [0.5, 0.6) is 0 Å². The van der Waals surface area contributed by atoms with Gasteiger partial charge in [-0.1, -0.05) is 42.5 Å². The van der Waals surface area contributed by atoms with Gasteiger partial charge in [-0.2, -0.15) is 4.98 Å². The number of anilines is 2. The number of para-hydroxylation sites is 1. The van der Waals surface area contributed by atoms with Crippen molar-refractivity contribution in [3.05, 3.63) is 60.2 Å². The molecule has 4 rings (SSSR count). The number of fused-ring (bicyclic) bond motifs is 1. The number of hydrogen-bond acceptors (Lipinski definition) is 6. The van der Waals surface area contributed by atoms with Gasteiger partial charge in [0.2, 0.25) is 11.9 Å². The van der Waals surface area contributed by atoms with Crippen LogP contribution in [-0.4, -0.2) is 48.3 Å². The Kier molecular flexibility index (Phi) is 7.72. The number of Topliss-reactive ketones (excluding diaryl/α,β-unsaturated/α-hetero) is 1. The Bertz CT molecular complexity index is 1120. The van der Waals surface area contributed by atoms with E-state index in [9.17, 15) is 9.59 Å². The minimum atomic E-state index is -0.0506. The Labute approximate surface area is 201 Å². The first-order valence-corrected chi connectivity index (χ1v) is 12.0. The lowest BCUT2D eigenvalue weighted by atomic mass is 9.86. The Morgan fingerprint density at radius 1 is 0.912 bits per heavy atom. The molecule has 0 spiro atoms. The third-order valence-electron chi connectivity index (χ3n) is 6.45. The lowest BCUT2D eigenvalue weighted by molar-refractivity contribution is -0.121. The second-order valence-electron chi connectivity index (χ2n) is 9.24. The zero-order valence-electron chi connectivity index (χ0n) is 20.0. The molecule has 0 bridgehead atoms. The maximum Gasteiger partial charge on any atom is 0.225 e. The number of nitrogens with one attached hydrogen (secondary N) is 2. The summed E-state index contributed by atoms with van der Waals surface area (Å²) >= 11 is 0. The fourth-order valence-corrected chi connectivity index (χ4v) is 4.50. The van der Waals surface area contributed by atoms with Crippen molar-refractivity contribution >= 4 is 34.4 Å². The number of ketones is 1. The predicted molar refractivity (Wildman–Crippen MR) is 136 cm³/mol. The van der Waals surface area contributed by atoms with E-state index in [0.717, 1.165) is 42.4 Å². The highest BCUT2D eigenvalue weighted by Gasteiger charge is 2.23. The molecule has 0 radical (unpaired) electrons. The average molecular weight is 460 g/mol. The standard InChI is InChI=1S/C27H33N5O2/c1-32(2)26-22-10-6-7-11-23(22)30-27(31-26)29-21-14-12-19(13-15-21)18-28-25(34)17-16-24(33)20-8-4-3-5-9-20/h3-11,19,21H,12-18H2,1-2H3,(H,28,34)(H,29,30,31)/t19-,21+. The molecule has 3 aromatic rings. The van der Waals surface area contributed by atoms with Crippen LogP contribution in [0.3, 0.4) is 0 Å². The van der Waals surface area contributed by atoms with Crippen molar-refractivity contribution in [1.82, 2.24) is 15.3 Å². The third kappa shape index (κ3) is 6.10. The zero-order chi connectivity index (χ0) is 23.9. The molecule has 7 heteroatoms. The van der Waals surface area contributed by atoms with Crippen molar-refractivity contribution in [3.63, 3.8) is 0 Å². The van der Waals surface area contributed by atoms with E-state index in [1.165, 1.54) is 0 Å². The number of benzene rings is 2. The van der Waals surface area contributed by atoms with Gasteiger partial charge in [-0.05, 0) is 43.7 Å². The lowest BCUT2D eigenvalue weighted by Crippen LogP contribution is -2.34. The average Bonchev–Trinajstić information content (AvgIpc) is 2.86. The van der Waals surface area contributed by atoms with Crippen LogP contribution in [0, 0.1) is 5.92 Å². The monoisotopic (exact) mass is 459 g/mol. The van der Waals surface area contributed by atoms with Gasteiger partial charge in [0.1, 0.15) is 5.82 Å². The summed E-state index contributed by atoms with van der Waals surface area (Å²) < 4.78 is 0. The molecule has 2 aromatic carbocycles. The summed E-state index contributed by atoms with van der Waals surface area (Å²) in [5, 5.41) is 7.59. The van der Waals surface area contributed by atoms with Gasteiger partial charge in [0.15, 0.2) is 5.78 Å². The molecular weight excluding hydrogens is 426 g/mol. The van der Waals surface area contributed by atoms with Gasteiger partial charge in [0, 0.05) is 50.5 Å². The number of rotatable bonds is 9. The van der Waals surface area contributed by atoms with Crippen molar-refractivity contribution in [2.24, 2.45) is 5.92 Å². The molecule has 1 fully saturated rings. The second-order valence-corrected chi connectivity index (χ2v) is 9.24. The first-order chi connectivity index (χ1) is 16.5. The van der Waals surface area contributed by atoms with Gasteiger partial charge in [-0.3, -0.25) is 9.59 Å². The van der Waals surface area contributed by atoms with E-state index >= 15 is 0 Å². The van der Waals surface area contributed by atoms with Crippen molar-refractivity contribution in [1.29, 1.82) is 0 Å². The highest BCUT2D eigenvalue weighted by molar-refractivity contribution is 5.97. The van der Waals surface area contributed by atoms with Crippen LogP contribution in [0.2, 0.25) is 0 Å². The minimum Gasteiger partial charge on any atom is -0.362 e. The maximum absolute atomic E-state index is 12.2. The van der Waals surface area contributed by atoms with Crippen molar-refractivity contribution < 1.29 is 9.59 Å². The zero-order valence-corrected chi connectivity index (χ0v) is 20.0. The van der Waals surface area contributed by atoms with Gasteiger partial charge in [-0.15, -0.1) is 0 Å². The first kappa shape index (κ1) is 23.7. The van der Waals surface area contributed by atoms with Gasteiger partial charge in [0.25, 0.3) is 0 Å². The van der Waals surface area contributed by atoms with Crippen LogP contribution in [0.25, 0.3) is 10.9 Å². The molecule has 2 N–H and O–H groups in total. The van der Waals surface area contributed by atoms with E-state index in [4.69, 9.17) is 9.97 Å². The van der Waals surface area contributed by atoms with Gasteiger partial charge >= 0.3 is 0 Å². The molecule has 0 atom stereocenters. The van der Waals surface area contributed by atoms with E-state index in [0.29, 0.717) is 30.0 Å². The lowest BCUT2D eigenvalue weighted by Gasteiger charge is -2.29. The van der Waals surface area contributed by atoms with Gasteiger partial charge in [0.05, 0.1) is 5.52 Å². The summed E-state index contributed by atoms with van der Waals surface area (Å²) in [5.41, 5.74) is 1.60. The van der Waals surface area contributed by atoms with E-state index in [1.54, 1.807) is 12.1 Å². The molecule has 1 heterocycles. The summed E-state index contributed by atoms with van der Waals surface area (Å²) in [6.07, 6.45) is 4.58. The number of aromatic nitrogens is 2. The molecule has 1 aromatic heterocycles. The summed E-state index contributed by atoms with van der Waals surface area (Å²) in [7, 11) is 3.99. The number of nitrogens with zero attached hydrogens (tertiary/aromatic N) is 3. The Hall–Kier alpha value is -3.48. The first-order valence-electron chi connectivity index (χ1n) is 12.0. The topological polar surface area (TPSA) is 87.2 Å². The maximum atomic E-state index is 12.2. The molecule has 7 nitrogen and oxygen atoms in total. The summed E-state index contributed by atoms with van der Waals surface area (Å²) in [6, 6.07) is 17.5. The van der Waals surface area contributed by atoms with Gasteiger partial charge in [-0.25, -0.2) is 4.98 Å². The molecule has 34 heavy (non-hydrogen) atoms. The fraction of sp³-hybridized carbons (Fsp3) is 0.407. The number of amides is 1. The predicted octanol–water partition coefficient (Wildman–Crippen LogP) is 4.45. The van der Waals surface area contributed by atoms with Crippen molar-refractivity contribution in [2.45, 2.75) is 44.6 Å². The number of hydrogen-bond donors (Lipinski definition) is 2. The Morgan fingerprint density at radius 2 is 1.62 bits per heavy atom. The number of carbonyl (C=O) groups is 2. The van der Waals surface area contributed by atoms with E-state index in [1.807, 2.05) is 61.5 Å². The molecule has 0 unspecified atom stereocenters. The van der Waals surface area contributed by atoms with Crippen molar-refractivity contribution in [3.8, 4) is 0 Å². The van der Waals surface area contributed by atoms with Crippen LogP contribution in [0.1, 0.15) is 48.9 Å². The minimum absolute atomic E-state index is 0.00988. The second kappa shape index (κ2) is 11.1. The van der Waals surface area contributed by atoms with Crippen LogP contribution in [-0.2, 0) is 4.79 Å². The Balaban J connectivity index is 1.22. The van der Waals surface area contributed by atoms with E-state index < -0.39 is 0 Å². The largest absolute Gasteiger partial charge is 0.362 e. The highest BCUT2D eigenvalue weighted by atomic mass is 16.2. The Morgan fingerprint density at radius 3 is 2.35 bits per heavy atom. The fourth-order valence-electron chi connectivity index (χ4n) is 4.50. The van der Waals surface area contributed by atoms with Crippen molar-refractivity contribution in [2.75, 3.05) is 30.9 Å². The molecule has 0 saturated heterocycles. The normalized spacial score (nSPS) is 17.8. The molecule has 0 aliphatic heterocycles. The third-order valence-corrected chi connectivity index (χ3v) is 6.45. The highest BCUT2D eigenvalue weighted by Crippen LogP contribution is 2.28. The molecule has 1 amide bonds. The van der Waals surface area contributed by atoms with Crippen LogP contribution in [0.4, 0.5) is 11.8 Å². The van der Waals surface area contributed by atoms with Crippen LogP contribution < -0.4 is 15.5 Å². The van der Waals surface area contributed by atoms with Crippen LogP contribution in [0.15, 0.2) is 54.6 Å². The molecule has 1 aliphatic carbocycles. The smallest absolute Gasteiger partial charge is 0.225 e. The number of carbonyl (C=O) groups excluding carboxylic acids is 2. The summed E-state index contributed by atoms with van der Waals surface area (Å²) in [5.74, 6) is 2.00. The molecule has 1 saturated carbocycles. The summed E-state index contributed by atoms with van der Waals surface area (Å²) in [4.78, 5) is 35.9. The van der Waals surface area contributed by atoms with E-state index in [2.05, 4.69) is 10.6 Å². The van der Waals surface area contributed by atoms with Crippen LogP contribution >= 0.6 is 0 Å². The summed E-state index contributed by atoms with van der Waals surface area (Å²) in [6.45, 7) is 0.669. The molecular formula is C27H33N5O2. The molecule has 178 valence electrons. The molecule has 1 aliphatic rings. The van der Waals surface area contributed by atoms with Gasteiger partial charge < -0.3 is 15.5 Å². The quantitative estimate of drug-likeness (QED) is 0.460. The SMILES string of the molecule is CN(C)c1nc(N[C@H]2CC[C@@H](CNC(=O)CCC(=O)c3ccccc3)CC2)nc2ccccc12. The van der Waals surface area contributed by atoms with E-state index in [-0.39, 0.29) is 24.5 Å².